The summed E-state index contributed by atoms with van der Waals surface area (Å²) in [6, 6.07) is 6.61. The average molecular weight is 376 g/mol. The molecule has 0 N–H and O–H groups in total. The minimum atomic E-state index is -3.30. The van der Waals surface area contributed by atoms with Crippen LogP contribution in [0.1, 0.15) is 24.2 Å². The molecule has 0 unspecified atom stereocenters. The third-order valence-electron chi connectivity index (χ3n) is 3.95. The smallest absolute Gasteiger partial charge is 0.223 e. The first-order valence-corrected chi connectivity index (χ1v) is 9.66. The zero-order valence-corrected chi connectivity index (χ0v) is 14.7. The third kappa shape index (κ3) is 3.27. The van der Waals surface area contributed by atoms with Crippen LogP contribution in [-0.2, 0) is 16.3 Å². The third-order valence-corrected chi connectivity index (χ3v) is 6.41. The lowest BCUT2D eigenvalue weighted by molar-refractivity contribution is 0.594. The number of benzene rings is 1. The molecule has 2 aromatic heterocycles. The van der Waals surface area contributed by atoms with Gasteiger partial charge in [-0.05, 0) is 42.7 Å². The molecule has 25 heavy (non-hydrogen) atoms. The van der Waals surface area contributed by atoms with Crippen molar-refractivity contribution in [2.45, 2.75) is 29.4 Å². The van der Waals surface area contributed by atoms with Gasteiger partial charge >= 0.3 is 0 Å². The van der Waals surface area contributed by atoms with Crippen LogP contribution < -0.4 is 0 Å². The first-order valence-electron chi connectivity index (χ1n) is 7.74. The Morgan fingerprint density at radius 1 is 1.12 bits per heavy atom. The summed E-state index contributed by atoms with van der Waals surface area (Å²) in [6.07, 6.45) is 6.44. The molecule has 0 bridgehead atoms. The van der Waals surface area contributed by atoms with E-state index in [1.807, 2.05) is 0 Å². The highest BCUT2D eigenvalue weighted by Gasteiger charge is 2.37. The first-order chi connectivity index (χ1) is 12.0. The molecule has 2 heterocycles. The van der Waals surface area contributed by atoms with E-state index in [-0.39, 0.29) is 10.1 Å². The van der Waals surface area contributed by atoms with Crippen LogP contribution in [0.3, 0.4) is 0 Å². The fourth-order valence-electron chi connectivity index (χ4n) is 2.59. The van der Waals surface area contributed by atoms with E-state index in [1.165, 1.54) is 17.1 Å². The van der Waals surface area contributed by atoms with Crippen LogP contribution in [0.4, 0.5) is 0 Å². The van der Waals surface area contributed by atoms with Crippen LogP contribution in [0.15, 0.2) is 47.9 Å². The summed E-state index contributed by atoms with van der Waals surface area (Å²) in [7, 11) is -3.30. The molecule has 3 aromatic rings. The van der Waals surface area contributed by atoms with E-state index in [0.29, 0.717) is 36.1 Å². The van der Waals surface area contributed by atoms with Crippen molar-refractivity contribution in [2.75, 3.05) is 0 Å². The fraction of sp³-hybridized carbons (Fsp3) is 0.250. The Morgan fingerprint density at radius 2 is 1.88 bits per heavy atom. The summed E-state index contributed by atoms with van der Waals surface area (Å²) in [6.45, 7) is 0. The van der Waals surface area contributed by atoms with Crippen LogP contribution in [0.5, 0.6) is 0 Å². The Bertz CT molecular complexity index is 1020. The Balaban J connectivity index is 1.69. The van der Waals surface area contributed by atoms with E-state index < -0.39 is 9.84 Å². The Labute approximate surface area is 149 Å². The standard InChI is InChI=1S/C16H14ClN5O2S/c17-12-6-11(7-14(9-12)25(23,24)13-2-3-13)8-15-20-10-21-22(15)16-18-4-1-5-19-16/h1,4-7,9-10,13H,2-3,8H2. The summed E-state index contributed by atoms with van der Waals surface area (Å²) in [5.74, 6) is 1.01. The van der Waals surface area contributed by atoms with Gasteiger partial charge in [0, 0.05) is 23.8 Å². The van der Waals surface area contributed by atoms with E-state index >= 15 is 0 Å². The van der Waals surface area contributed by atoms with Crippen LogP contribution in [-0.4, -0.2) is 38.4 Å². The van der Waals surface area contributed by atoms with Gasteiger partial charge in [0.15, 0.2) is 9.84 Å². The molecule has 7 nitrogen and oxygen atoms in total. The van der Waals surface area contributed by atoms with Crippen molar-refractivity contribution in [3.8, 4) is 5.95 Å². The molecule has 128 valence electrons. The zero-order valence-electron chi connectivity index (χ0n) is 13.1. The first kappa shape index (κ1) is 16.2. The lowest BCUT2D eigenvalue weighted by Crippen LogP contribution is -2.09. The maximum Gasteiger partial charge on any atom is 0.252 e. The average Bonchev–Trinajstić information content (AvgIpc) is 3.36. The molecule has 1 saturated carbocycles. The van der Waals surface area contributed by atoms with E-state index in [2.05, 4.69) is 20.1 Å². The number of sulfone groups is 1. The summed E-state index contributed by atoms with van der Waals surface area (Å²) in [4.78, 5) is 12.8. The molecular formula is C16H14ClN5O2S. The SMILES string of the molecule is O=S(=O)(c1cc(Cl)cc(Cc2ncnn2-c2ncccn2)c1)C1CC1. The van der Waals surface area contributed by atoms with Crippen molar-refractivity contribution in [2.24, 2.45) is 0 Å². The van der Waals surface area contributed by atoms with E-state index in [1.54, 1.807) is 30.6 Å². The van der Waals surface area contributed by atoms with Crippen molar-refractivity contribution in [1.82, 2.24) is 24.7 Å². The molecule has 0 amide bonds. The Morgan fingerprint density at radius 3 is 2.60 bits per heavy atom. The second-order valence-electron chi connectivity index (χ2n) is 5.85. The lowest BCUT2D eigenvalue weighted by atomic mass is 10.1. The molecule has 1 fully saturated rings. The van der Waals surface area contributed by atoms with Crippen LogP contribution >= 0.6 is 11.6 Å². The van der Waals surface area contributed by atoms with Gasteiger partial charge in [0.2, 0.25) is 0 Å². The molecule has 1 aliphatic rings. The van der Waals surface area contributed by atoms with E-state index in [0.717, 1.165) is 5.56 Å². The van der Waals surface area contributed by atoms with Crippen molar-refractivity contribution in [1.29, 1.82) is 0 Å². The van der Waals surface area contributed by atoms with Gasteiger partial charge in [0.25, 0.3) is 5.95 Å². The number of hydrogen-bond donors (Lipinski definition) is 0. The highest BCUT2D eigenvalue weighted by molar-refractivity contribution is 7.92. The number of rotatable bonds is 5. The Kier molecular flexibility index (Phi) is 4.01. The number of nitrogens with zero attached hydrogens (tertiary/aromatic N) is 5. The van der Waals surface area contributed by atoms with Crippen LogP contribution in [0.2, 0.25) is 5.02 Å². The minimum Gasteiger partial charge on any atom is -0.223 e. The van der Waals surface area contributed by atoms with Gasteiger partial charge in [-0.1, -0.05) is 11.6 Å². The Hall–Kier alpha value is -2.32. The van der Waals surface area contributed by atoms with Gasteiger partial charge in [-0.15, -0.1) is 0 Å². The predicted octanol–water partition coefficient (Wildman–Crippen LogP) is 2.24. The van der Waals surface area contributed by atoms with E-state index in [9.17, 15) is 8.42 Å². The molecule has 4 rings (SSSR count). The summed E-state index contributed by atoms with van der Waals surface area (Å²) in [5.41, 5.74) is 0.747. The summed E-state index contributed by atoms with van der Waals surface area (Å²) < 4.78 is 26.5. The zero-order chi connectivity index (χ0) is 17.4. The van der Waals surface area contributed by atoms with Gasteiger partial charge in [-0.3, -0.25) is 0 Å². The van der Waals surface area contributed by atoms with Gasteiger partial charge in [0.1, 0.15) is 12.2 Å². The van der Waals surface area contributed by atoms with Crippen molar-refractivity contribution >= 4 is 21.4 Å². The summed E-state index contributed by atoms with van der Waals surface area (Å²) >= 11 is 6.15. The monoisotopic (exact) mass is 375 g/mol. The second-order valence-corrected chi connectivity index (χ2v) is 8.52. The minimum absolute atomic E-state index is 0.263. The van der Waals surface area contributed by atoms with Crippen molar-refractivity contribution < 1.29 is 8.42 Å². The molecule has 0 atom stereocenters. The van der Waals surface area contributed by atoms with Crippen molar-refractivity contribution in [3.63, 3.8) is 0 Å². The maximum atomic E-state index is 12.5. The molecule has 1 aliphatic carbocycles. The second kappa shape index (κ2) is 6.20. The fourth-order valence-corrected chi connectivity index (χ4v) is 4.66. The van der Waals surface area contributed by atoms with Gasteiger partial charge < -0.3 is 0 Å². The highest BCUT2D eigenvalue weighted by Crippen LogP contribution is 2.35. The van der Waals surface area contributed by atoms with Gasteiger partial charge in [-0.2, -0.15) is 9.78 Å². The van der Waals surface area contributed by atoms with Crippen LogP contribution in [0.25, 0.3) is 5.95 Å². The lowest BCUT2D eigenvalue weighted by Gasteiger charge is -2.08. The highest BCUT2D eigenvalue weighted by atomic mass is 35.5. The van der Waals surface area contributed by atoms with Crippen molar-refractivity contribution in [3.05, 3.63) is 59.4 Å². The maximum absolute atomic E-state index is 12.5. The summed E-state index contributed by atoms with van der Waals surface area (Å²) in [5, 5.41) is 4.25. The molecular weight excluding hydrogens is 362 g/mol. The molecule has 0 radical (unpaired) electrons. The normalized spacial score (nSPS) is 14.6. The van der Waals surface area contributed by atoms with E-state index in [4.69, 9.17) is 11.6 Å². The quantitative estimate of drug-likeness (QED) is 0.679. The number of aromatic nitrogens is 5. The number of halogens is 1. The molecule has 1 aromatic carbocycles. The molecule has 0 spiro atoms. The topological polar surface area (TPSA) is 90.6 Å². The molecule has 9 heteroatoms. The van der Waals surface area contributed by atoms with Gasteiger partial charge in [-0.25, -0.2) is 23.4 Å². The van der Waals surface area contributed by atoms with Gasteiger partial charge in [0.05, 0.1) is 10.1 Å². The predicted molar refractivity (Wildman–Crippen MR) is 91.4 cm³/mol. The number of hydrogen-bond acceptors (Lipinski definition) is 6. The molecule has 0 saturated heterocycles. The van der Waals surface area contributed by atoms with Crippen LogP contribution in [0, 0.1) is 0 Å². The molecule has 0 aliphatic heterocycles. The largest absolute Gasteiger partial charge is 0.252 e.